The first kappa shape index (κ1) is 33.8. The van der Waals surface area contributed by atoms with Crippen molar-refractivity contribution in [3.05, 3.63) is 65.1 Å². The zero-order chi connectivity index (χ0) is 34.6. The molecule has 0 radical (unpaired) electrons. The van der Waals surface area contributed by atoms with Crippen LogP contribution in [0, 0.1) is 24.6 Å². The number of carbonyl (C=O) groups excluding carboxylic acids is 3. The zero-order valence-electron chi connectivity index (χ0n) is 27.8. The normalized spacial score (nSPS) is 17.7. The number of aromatic nitrogens is 4. The van der Waals surface area contributed by atoms with E-state index >= 15 is 4.39 Å². The van der Waals surface area contributed by atoms with Crippen molar-refractivity contribution >= 4 is 52.0 Å². The average Bonchev–Trinajstić information content (AvgIpc) is 3.43. The number of hydrogen-bond acceptors (Lipinski definition) is 8. The standard InChI is InChI=1S/C34H38ClFN6O5/c1-17-22(13-37-15-24(17)42(31(44)46-33(3,4)5)32(45)47-34(6,7)8)21-10-19-11-25(38-14-23(19)28(35)29(21)36)40-30(43)27-18(2)26(27)20-12-39-41(9)16-20/h10-16,18,26-27H,1-9H3,(H,38,40,43)/t18-,26-,27+/m1/s1. The van der Waals surface area contributed by atoms with Gasteiger partial charge in [0.1, 0.15) is 22.8 Å². The molecule has 3 aromatic heterocycles. The van der Waals surface area contributed by atoms with Crippen molar-refractivity contribution in [1.82, 2.24) is 19.7 Å². The first-order chi connectivity index (χ1) is 21.9. The maximum atomic E-state index is 15.9. The van der Waals surface area contributed by atoms with E-state index in [0.29, 0.717) is 16.3 Å². The number of carbonyl (C=O) groups is 3. The highest BCUT2D eigenvalue weighted by Crippen LogP contribution is 2.54. The molecule has 1 fully saturated rings. The van der Waals surface area contributed by atoms with E-state index < -0.39 is 29.2 Å². The summed E-state index contributed by atoms with van der Waals surface area (Å²) >= 11 is 6.52. The van der Waals surface area contributed by atoms with Crippen LogP contribution in [0.1, 0.15) is 65.5 Å². The van der Waals surface area contributed by atoms with Gasteiger partial charge in [-0.1, -0.05) is 18.5 Å². The van der Waals surface area contributed by atoms with Gasteiger partial charge in [-0.25, -0.2) is 19.0 Å². The van der Waals surface area contributed by atoms with E-state index in [9.17, 15) is 14.4 Å². The molecule has 1 aromatic carbocycles. The van der Waals surface area contributed by atoms with Gasteiger partial charge in [0.05, 0.1) is 23.1 Å². The summed E-state index contributed by atoms with van der Waals surface area (Å²) in [5.74, 6) is -0.680. The number of pyridine rings is 2. The molecule has 47 heavy (non-hydrogen) atoms. The Labute approximate surface area is 277 Å². The topological polar surface area (TPSA) is 129 Å². The van der Waals surface area contributed by atoms with Gasteiger partial charge in [0.25, 0.3) is 0 Å². The Hall–Kier alpha value is -4.58. The summed E-state index contributed by atoms with van der Waals surface area (Å²) in [4.78, 5) is 49.1. The molecule has 4 aromatic rings. The number of aryl methyl sites for hydroxylation is 1. The van der Waals surface area contributed by atoms with Crippen LogP contribution in [0.25, 0.3) is 21.9 Å². The molecule has 1 N–H and O–H groups in total. The van der Waals surface area contributed by atoms with Crippen LogP contribution in [-0.4, -0.2) is 49.0 Å². The number of hydrogen-bond donors (Lipinski definition) is 1. The van der Waals surface area contributed by atoms with Gasteiger partial charge >= 0.3 is 12.2 Å². The first-order valence-corrected chi connectivity index (χ1v) is 15.5. The summed E-state index contributed by atoms with van der Waals surface area (Å²) in [5.41, 5.74) is -0.113. The van der Waals surface area contributed by atoms with Crippen LogP contribution in [0.15, 0.2) is 43.1 Å². The van der Waals surface area contributed by atoms with Gasteiger partial charge in [0.2, 0.25) is 5.91 Å². The summed E-state index contributed by atoms with van der Waals surface area (Å²) in [5, 5.41) is 7.76. The van der Waals surface area contributed by atoms with Crippen LogP contribution in [0.3, 0.4) is 0 Å². The molecule has 1 aliphatic rings. The average molecular weight is 665 g/mol. The highest BCUT2D eigenvalue weighted by Gasteiger charge is 2.53. The number of rotatable bonds is 5. The molecule has 0 bridgehead atoms. The Morgan fingerprint density at radius 3 is 2.19 bits per heavy atom. The van der Waals surface area contributed by atoms with Gasteiger partial charge < -0.3 is 14.8 Å². The van der Waals surface area contributed by atoms with Crippen molar-refractivity contribution in [3.63, 3.8) is 0 Å². The van der Waals surface area contributed by atoms with Crippen LogP contribution >= 0.6 is 11.6 Å². The molecule has 3 heterocycles. The molecule has 0 aliphatic heterocycles. The Kier molecular flexibility index (Phi) is 8.78. The molecule has 11 nitrogen and oxygen atoms in total. The highest BCUT2D eigenvalue weighted by molar-refractivity contribution is 6.36. The van der Waals surface area contributed by atoms with Crippen molar-refractivity contribution in [2.24, 2.45) is 18.9 Å². The summed E-state index contributed by atoms with van der Waals surface area (Å²) in [6.07, 6.45) is 5.85. The number of halogens is 2. The number of fused-ring (bicyclic) bond motifs is 1. The van der Waals surface area contributed by atoms with E-state index in [4.69, 9.17) is 21.1 Å². The molecule has 248 valence electrons. The maximum Gasteiger partial charge on any atom is 0.424 e. The lowest BCUT2D eigenvalue weighted by Gasteiger charge is -2.29. The number of benzene rings is 1. The van der Waals surface area contributed by atoms with Crippen LogP contribution in [0.2, 0.25) is 5.02 Å². The minimum Gasteiger partial charge on any atom is -0.443 e. The Morgan fingerprint density at radius 2 is 1.62 bits per heavy atom. The Morgan fingerprint density at radius 1 is 0.979 bits per heavy atom. The van der Waals surface area contributed by atoms with Crippen molar-refractivity contribution in [2.45, 2.75) is 72.5 Å². The lowest BCUT2D eigenvalue weighted by molar-refractivity contribution is -0.117. The number of anilines is 2. The van der Waals surface area contributed by atoms with E-state index in [2.05, 4.69) is 20.4 Å². The number of imide groups is 1. The SMILES string of the molecule is Cc1c(-c2cc3cc(NC(=O)[C@H]4[C@H](C)[C@@H]4c4cnn(C)c4)ncc3c(Cl)c2F)cncc1N(C(=O)OC(C)(C)C)C(=O)OC(C)(C)C. The fourth-order valence-corrected chi connectivity index (χ4v) is 5.85. The third kappa shape index (κ3) is 7.07. The molecule has 13 heteroatoms. The van der Waals surface area contributed by atoms with Gasteiger partial charge in [-0.15, -0.1) is 0 Å². The van der Waals surface area contributed by atoms with Gasteiger partial charge in [0.15, 0.2) is 0 Å². The Balaban J connectivity index is 1.50. The largest absolute Gasteiger partial charge is 0.443 e. The predicted molar refractivity (Wildman–Crippen MR) is 177 cm³/mol. The first-order valence-electron chi connectivity index (χ1n) is 15.1. The number of amides is 3. The molecule has 0 unspecified atom stereocenters. The fourth-order valence-electron chi connectivity index (χ4n) is 5.59. The van der Waals surface area contributed by atoms with Crippen LogP contribution in [-0.2, 0) is 21.3 Å². The summed E-state index contributed by atoms with van der Waals surface area (Å²) < 4.78 is 28.6. The lowest BCUT2D eigenvalue weighted by atomic mass is 9.98. The van der Waals surface area contributed by atoms with Gasteiger partial charge in [-0.05, 0) is 83.0 Å². The monoisotopic (exact) mass is 664 g/mol. The van der Waals surface area contributed by atoms with Crippen molar-refractivity contribution < 1.29 is 28.2 Å². The van der Waals surface area contributed by atoms with E-state index in [1.807, 2.05) is 20.2 Å². The van der Waals surface area contributed by atoms with E-state index in [0.717, 1.165) is 10.5 Å². The summed E-state index contributed by atoms with van der Waals surface area (Å²) in [6, 6.07) is 3.18. The molecule has 5 rings (SSSR count). The number of nitrogens with zero attached hydrogens (tertiary/aromatic N) is 5. The minimum absolute atomic E-state index is 0.0472. The second-order valence-corrected chi connectivity index (χ2v) is 14.2. The van der Waals surface area contributed by atoms with Crippen molar-refractivity contribution in [3.8, 4) is 11.1 Å². The molecule has 3 atom stereocenters. The minimum atomic E-state index is -0.979. The molecule has 1 aliphatic carbocycles. The van der Waals surface area contributed by atoms with Crippen LogP contribution < -0.4 is 10.2 Å². The van der Waals surface area contributed by atoms with Crippen LogP contribution in [0.4, 0.5) is 25.5 Å². The predicted octanol–water partition coefficient (Wildman–Crippen LogP) is 7.80. The molecule has 0 saturated heterocycles. The van der Waals surface area contributed by atoms with Crippen LogP contribution in [0.5, 0.6) is 0 Å². The molecule has 0 spiro atoms. The maximum absolute atomic E-state index is 15.9. The smallest absolute Gasteiger partial charge is 0.424 e. The van der Waals surface area contributed by atoms with Crippen molar-refractivity contribution in [2.75, 3.05) is 10.2 Å². The molecule has 1 saturated carbocycles. The molecule has 3 amide bonds. The Bertz CT molecular complexity index is 1870. The fraction of sp³-hybridized carbons (Fsp3) is 0.412. The number of ether oxygens (including phenoxy) is 2. The second-order valence-electron chi connectivity index (χ2n) is 13.8. The summed E-state index contributed by atoms with van der Waals surface area (Å²) in [7, 11) is 1.83. The number of nitrogens with one attached hydrogen (secondary N) is 1. The van der Waals surface area contributed by atoms with Gasteiger partial charge in [-0.2, -0.15) is 10.00 Å². The molecular weight excluding hydrogens is 627 g/mol. The van der Waals surface area contributed by atoms with Crippen molar-refractivity contribution in [1.29, 1.82) is 0 Å². The third-order valence-corrected chi connectivity index (χ3v) is 8.19. The van der Waals surface area contributed by atoms with E-state index in [1.54, 1.807) is 71.5 Å². The summed E-state index contributed by atoms with van der Waals surface area (Å²) in [6.45, 7) is 13.7. The van der Waals surface area contributed by atoms with E-state index in [1.165, 1.54) is 18.6 Å². The quantitative estimate of drug-likeness (QED) is 0.229. The lowest BCUT2D eigenvalue weighted by Crippen LogP contribution is -2.44. The zero-order valence-corrected chi connectivity index (χ0v) is 28.6. The third-order valence-electron chi connectivity index (χ3n) is 7.82. The molecular formula is C34H38ClFN6O5. The highest BCUT2D eigenvalue weighted by atomic mass is 35.5. The van der Waals surface area contributed by atoms with Gasteiger partial charge in [-0.3, -0.25) is 14.5 Å². The second kappa shape index (κ2) is 12.2. The van der Waals surface area contributed by atoms with Gasteiger partial charge in [0, 0.05) is 54.0 Å². The van der Waals surface area contributed by atoms with E-state index in [-0.39, 0.29) is 51.3 Å².